The molecule has 12 heteroatoms. The molecular weight excluding hydrogens is 536 g/mol. The molecule has 0 radical (unpaired) electrons. The first-order chi connectivity index (χ1) is 17.9. The van der Waals surface area contributed by atoms with Crippen LogP contribution in [0.3, 0.4) is 0 Å². The quantitative estimate of drug-likeness (QED) is 0.455. The highest BCUT2D eigenvalue weighted by Gasteiger charge is 2.56. The van der Waals surface area contributed by atoms with Gasteiger partial charge < -0.3 is 9.64 Å². The average molecular weight is 557 g/mol. The van der Waals surface area contributed by atoms with Crippen LogP contribution in [0.5, 0.6) is 0 Å². The summed E-state index contributed by atoms with van der Waals surface area (Å²) in [5, 5.41) is 0.310. The number of rotatable bonds is 4. The number of fused-ring (bicyclic) bond motifs is 2. The van der Waals surface area contributed by atoms with E-state index in [0.29, 0.717) is 46.9 Å². The summed E-state index contributed by atoms with van der Waals surface area (Å²) in [4.78, 5) is 61.2. The van der Waals surface area contributed by atoms with Gasteiger partial charge in [-0.25, -0.2) is 4.90 Å². The lowest BCUT2D eigenvalue weighted by Gasteiger charge is -2.31. The number of morpholine rings is 1. The van der Waals surface area contributed by atoms with Gasteiger partial charge in [-0.2, -0.15) is 0 Å². The molecule has 0 saturated carbocycles. The van der Waals surface area contributed by atoms with E-state index in [9.17, 15) is 19.2 Å². The van der Waals surface area contributed by atoms with Crippen LogP contribution in [0.1, 0.15) is 16.4 Å². The lowest BCUT2D eigenvalue weighted by Crippen LogP contribution is -2.43. The van der Waals surface area contributed by atoms with Crippen molar-refractivity contribution in [2.45, 2.75) is 22.7 Å². The third kappa shape index (κ3) is 4.19. The molecular formula is C25H21ClN4O5S2. The molecule has 2 saturated heterocycles. The van der Waals surface area contributed by atoms with Gasteiger partial charge in [0.05, 0.1) is 29.8 Å². The van der Waals surface area contributed by atoms with E-state index in [-0.39, 0.29) is 29.1 Å². The fourth-order valence-electron chi connectivity index (χ4n) is 5.07. The van der Waals surface area contributed by atoms with Crippen molar-refractivity contribution in [2.24, 2.45) is 5.92 Å². The van der Waals surface area contributed by atoms with Crippen LogP contribution in [0.25, 0.3) is 0 Å². The number of imide groups is 1. The Hall–Kier alpha value is -2.99. The van der Waals surface area contributed by atoms with Crippen molar-refractivity contribution in [2.75, 3.05) is 31.2 Å². The highest BCUT2D eigenvalue weighted by atomic mass is 35.5. The second-order valence-electron chi connectivity index (χ2n) is 8.93. The van der Waals surface area contributed by atoms with Crippen LogP contribution in [0.4, 0.5) is 5.69 Å². The molecule has 5 heterocycles. The molecule has 3 aliphatic rings. The molecule has 37 heavy (non-hydrogen) atoms. The minimum absolute atomic E-state index is 0.127. The summed E-state index contributed by atoms with van der Waals surface area (Å²) in [7, 11) is 0. The number of carbonyl (C=O) groups is 3. The number of hydrogen-bond acceptors (Lipinski definition) is 8. The number of carbonyl (C=O) groups excluding carboxylic acids is 3. The normalized spacial score (nSPS) is 23.2. The van der Waals surface area contributed by atoms with Crippen LogP contribution < -0.4 is 9.77 Å². The van der Waals surface area contributed by atoms with Crippen molar-refractivity contribution in [3.63, 3.8) is 0 Å². The third-order valence-electron chi connectivity index (χ3n) is 6.83. The summed E-state index contributed by atoms with van der Waals surface area (Å²) in [6, 6.07) is 10.2. The Morgan fingerprint density at radius 3 is 2.54 bits per heavy atom. The third-order valence-corrected chi connectivity index (χ3v) is 9.69. The van der Waals surface area contributed by atoms with Gasteiger partial charge in [-0.05, 0) is 35.9 Å². The first-order valence-corrected chi connectivity index (χ1v) is 13.8. The second-order valence-corrected chi connectivity index (χ2v) is 11.5. The van der Waals surface area contributed by atoms with Gasteiger partial charge in [0.25, 0.3) is 0 Å². The largest absolute Gasteiger partial charge is 0.378 e. The number of halogens is 1. The number of hydrogen-bond donors (Lipinski definition) is 0. The number of amides is 3. The SMILES string of the molecule is O=C(Cn1c2c(sc1=O)C(c1cccnc1)C1C(=O)N(c3ccc(Cl)cc3)C(=O)C1S2)N1CCOCC1. The molecule has 0 spiro atoms. The van der Waals surface area contributed by atoms with Crippen molar-refractivity contribution >= 4 is 58.1 Å². The molecule has 3 atom stereocenters. The molecule has 3 aromatic rings. The number of ether oxygens (including phenoxy) is 1. The van der Waals surface area contributed by atoms with E-state index in [2.05, 4.69) is 4.98 Å². The van der Waals surface area contributed by atoms with Crippen molar-refractivity contribution in [3.05, 3.63) is 73.9 Å². The molecule has 3 amide bonds. The zero-order valence-corrected chi connectivity index (χ0v) is 21.8. The fourth-order valence-corrected chi connectivity index (χ4v) is 7.97. The van der Waals surface area contributed by atoms with E-state index in [1.165, 1.54) is 21.2 Å². The molecule has 1 aromatic carbocycles. The van der Waals surface area contributed by atoms with E-state index >= 15 is 0 Å². The minimum Gasteiger partial charge on any atom is -0.378 e. The van der Waals surface area contributed by atoms with Crippen molar-refractivity contribution in [1.82, 2.24) is 14.5 Å². The monoisotopic (exact) mass is 556 g/mol. The number of anilines is 1. The number of benzene rings is 1. The summed E-state index contributed by atoms with van der Waals surface area (Å²) in [5.41, 5.74) is 1.19. The van der Waals surface area contributed by atoms with Crippen LogP contribution in [0.2, 0.25) is 5.02 Å². The van der Waals surface area contributed by atoms with Gasteiger partial charge in [-0.1, -0.05) is 40.8 Å². The molecule has 9 nitrogen and oxygen atoms in total. The first kappa shape index (κ1) is 24.4. The molecule has 3 unspecified atom stereocenters. The lowest BCUT2D eigenvalue weighted by atomic mass is 9.84. The van der Waals surface area contributed by atoms with Gasteiger partial charge in [0.2, 0.25) is 17.7 Å². The zero-order chi connectivity index (χ0) is 25.7. The molecule has 190 valence electrons. The molecule has 3 aliphatic heterocycles. The van der Waals surface area contributed by atoms with Crippen LogP contribution >= 0.6 is 34.7 Å². The molecule has 0 bridgehead atoms. The zero-order valence-electron chi connectivity index (χ0n) is 19.4. The van der Waals surface area contributed by atoms with E-state index in [1.807, 2.05) is 6.07 Å². The Kier molecular flexibility index (Phi) is 6.39. The maximum atomic E-state index is 13.8. The van der Waals surface area contributed by atoms with Crippen molar-refractivity contribution in [3.8, 4) is 0 Å². The summed E-state index contributed by atoms with van der Waals surface area (Å²) in [5.74, 6) is -2.12. The number of thioether (sulfide) groups is 1. The number of nitrogens with zero attached hydrogens (tertiary/aromatic N) is 4. The predicted molar refractivity (Wildman–Crippen MR) is 139 cm³/mol. The molecule has 0 aliphatic carbocycles. The van der Waals surface area contributed by atoms with Gasteiger partial charge in [0.15, 0.2) is 0 Å². The van der Waals surface area contributed by atoms with E-state index in [4.69, 9.17) is 16.3 Å². The van der Waals surface area contributed by atoms with Gasteiger partial charge in [0.1, 0.15) is 11.8 Å². The number of thiazole rings is 1. The van der Waals surface area contributed by atoms with E-state index in [0.717, 1.165) is 16.9 Å². The van der Waals surface area contributed by atoms with Crippen LogP contribution in [-0.2, 0) is 25.7 Å². The van der Waals surface area contributed by atoms with Crippen LogP contribution in [0, 0.1) is 5.92 Å². The fraction of sp³-hybridized carbons (Fsp3) is 0.320. The van der Waals surface area contributed by atoms with Crippen LogP contribution in [-0.4, -0.2) is 63.7 Å². The standard InChI is InChI=1S/C25H21ClN4O5S2/c26-15-3-5-16(6-4-15)30-22(32)19-18(14-2-1-7-27-12-14)21-24(36-20(19)23(30)33)29(25(34)37-21)13-17(31)28-8-10-35-11-9-28/h1-7,12,18-20H,8-11,13H2. The summed E-state index contributed by atoms with van der Waals surface area (Å²) in [6.45, 7) is 1.73. The van der Waals surface area contributed by atoms with Gasteiger partial charge in [0, 0.05) is 41.3 Å². The second kappa shape index (κ2) is 9.71. The molecule has 6 rings (SSSR count). The maximum absolute atomic E-state index is 13.8. The Morgan fingerprint density at radius 2 is 1.84 bits per heavy atom. The highest BCUT2D eigenvalue weighted by Crippen LogP contribution is 2.53. The Bertz CT molecular complexity index is 1440. The van der Waals surface area contributed by atoms with Gasteiger partial charge >= 0.3 is 4.87 Å². The topological polar surface area (TPSA) is 102 Å². The molecule has 0 N–H and O–H groups in total. The Morgan fingerprint density at radius 1 is 1.08 bits per heavy atom. The van der Waals surface area contributed by atoms with E-state index < -0.39 is 17.1 Å². The smallest absolute Gasteiger partial charge is 0.308 e. The maximum Gasteiger partial charge on any atom is 0.308 e. The molecule has 2 aromatic heterocycles. The van der Waals surface area contributed by atoms with Gasteiger partial charge in [-0.3, -0.25) is 28.7 Å². The first-order valence-electron chi connectivity index (χ1n) is 11.7. The van der Waals surface area contributed by atoms with Crippen molar-refractivity contribution in [1.29, 1.82) is 0 Å². The predicted octanol–water partition coefficient (Wildman–Crippen LogP) is 2.61. The summed E-state index contributed by atoms with van der Waals surface area (Å²) >= 11 is 8.24. The lowest BCUT2D eigenvalue weighted by molar-refractivity contribution is -0.136. The highest BCUT2D eigenvalue weighted by molar-refractivity contribution is 8.00. The summed E-state index contributed by atoms with van der Waals surface area (Å²) in [6.07, 6.45) is 3.30. The molecule has 2 fully saturated rings. The van der Waals surface area contributed by atoms with Gasteiger partial charge in [-0.15, -0.1) is 0 Å². The Labute approximate surface area is 225 Å². The number of pyridine rings is 1. The van der Waals surface area contributed by atoms with Crippen LogP contribution in [0.15, 0.2) is 58.6 Å². The van der Waals surface area contributed by atoms with Crippen molar-refractivity contribution < 1.29 is 19.1 Å². The average Bonchev–Trinajstić information content (AvgIpc) is 3.36. The van der Waals surface area contributed by atoms with E-state index in [1.54, 1.807) is 47.6 Å². The minimum atomic E-state index is -0.750. The Balaban J connectivity index is 1.42. The summed E-state index contributed by atoms with van der Waals surface area (Å²) < 4.78 is 6.78. The number of aromatic nitrogens is 2.